The van der Waals surface area contributed by atoms with Crippen molar-refractivity contribution in [1.29, 1.82) is 0 Å². The van der Waals surface area contributed by atoms with E-state index in [2.05, 4.69) is 40.7 Å². The van der Waals surface area contributed by atoms with E-state index >= 15 is 0 Å². The molecule has 1 N–H and O–H groups in total. The van der Waals surface area contributed by atoms with Gasteiger partial charge in [0.1, 0.15) is 11.7 Å². The maximum Gasteiger partial charge on any atom is 0.315 e. The molecule has 0 radical (unpaired) electrons. The number of carboxylic acid groups (broad SMARTS) is 1. The van der Waals surface area contributed by atoms with E-state index in [1.54, 1.807) is 0 Å². The molecule has 3 saturated carbocycles. The molecular weight excluding hydrogens is 444 g/mol. The third-order valence-corrected chi connectivity index (χ3v) is 11.6. The molecule has 35 heavy (non-hydrogen) atoms. The number of fused-ring (bicyclic) bond motifs is 3. The SMILES string of the molecule is CC(C)C1=C[C@@H]2C[C@]3(C=O)[C@@H]4CC[C@@H](C)[C@H]4CC2(CO[C@H]2C[C@H]4[C@H](OC[C@@H]4C)[C@@H](C)O2)C13C(=O)O. The second kappa shape index (κ2) is 7.88. The van der Waals surface area contributed by atoms with Gasteiger partial charge in [-0.1, -0.05) is 45.8 Å². The Morgan fingerprint density at radius 1 is 1.20 bits per heavy atom. The fraction of sp³-hybridized carbons (Fsp3) is 0.862. The quantitative estimate of drug-likeness (QED) is 0.432. The molecule has 2 saturated heterocycles. The summed E-state index contributed by atoms with van der Waals surface area (Å²) in [6.45, 7) is 11.9. The normalized spacial score (nSPS) is 54.0. The van der Waals surface area contributed by atoms with Crippen LogP contribution >= 0.6 is 0 Å². The molecular formula is C29H42O6. The van der Waals surface area contributed by atoms with Crippen molar-refractivity contribution in [3.05, 3.63) is 11.6 Å². The highest BCUT2D eigenvalue weighted by Crippen LogP contribution is 2.82. The summed E-state index contributed by atoms with van der Waals surface area (Å²) in [5, 5.41) is 11.1. The lowest BCUT2D eigenvalue weighted by Gasteiger charge is -2.58. The van der Waals surface area contributed by atoms with Crippen LogP contribution in [0.25, 0.3) is 0 Å². The predicted octanol–water partition coefficient (Wildman–Crippen LogP) is 4.71. The number of allylic oxidation sites excluding steroid dienone is 1. The van der Waals surface area contributed by atoms with E-state index < -0.39 is 22.2 Å². The van der Waals surface area contributed by atoms with Crippen LogP contribution in [0.3, 0.4) is 0 Å². The highest BCUT2D eigenvalue weighted by molar-refractivity contribution is 5.90. The molecule has 2 unspecified atom stereocenters. The summed E-state index contributed by atoms with van der Waals surface area (Å²) in [5.74, 6) is 1.22. The van der Waals surface area contributed by atoms with E-state index in [9.17, 15) is 14.7 Å². The van der Waals surface area contributed by atoms with Gasteiger partial charge in [0.25, 0.3) is 0 Å². The van der Waals surface area contributed by atoms with Crippen LogP contribution in [-0.2, 0) is 23.8 Å². The van der Waals surface area contributed by atoms with Crippen LogP contribution in [0.5, 0.6) is 0 Å². The summed E-state index contributed by atoms with van der Waals surface area (Å²) in [4.78, 5) is 26.7. The van der Waals surface area contributed by atoms with Crippen LogP contribution in [0.4, 0.5) is 0 Å². The first-order valence-electron chi connectivity index (χ1n) is 13.9. The van der Waals surface area contributed by atoms with E-state index in [1.165, 1.54) is 0 Å². The largest absolute Gasteiger partial charge is 0.481 e. The van der Waals surface area contributed by atoms with Crippen LogP contribution in [0.2, 0.25) is 0 Å². The van der Waals surface area contributed by atoms with Crippen LogP contribution in [0, 0.1) is 57.7 Å². The molecule has 6 nitrogen and oxygen atoms in total. The van der Waals surface area contributed by atoms with Gasteiger partial charge in [0.15, 0.2) is 6.29 Å². The first kappa shape index (κ1) is 24.1. The molecule has 2 aliphatic heterocycles. The van der Waals surface area contributed by atoms with Gasteiger partial charge in [-0.05, 0) is 67.6 Å². The van der Waals surface area contributed by atoms with Crippen LogP contribution in [-0.4, -0.2) is 49.1 Å². The minimum atomic E-state index is -1.18. The van der Waals surface area contributed by atoms with Crippen molar-refractivity contribution in [3.63, 3.8) is 0 Å². The molecule has 194 valence electrons. The van der Waals surface area contributed by atoms with Crippen LogP contribution in [0.15, 0.2) is 11.6 Å². The first-order chi connectivity index (χ1) is 16.6. The molecule has 0 aromatic carbocycles. The van der Waals surface area contributed by atoms with Gasteiger partial charge >= 0.3 is 5.97 Å². The highest BCUT2D eigenvalue weighted by Gasteiger charge is 2.84. The molecule has 0 aromatic heterocycles. The van der Waals surface area contributed by atoms with E-state index in [0.717, 1.165) is 44.1 Å². The lowest BCUT2D eigenvalue weighted by Crippen LogP contribution is -2.63. The Bertz CT molecular complexity index is 943. The Kier molecular flexibility index (Phi) is 5.43. The summed E-state index contributed by atoms with van der Waals surface area (Å²) in [6, 6.07) is 0. The predicted molar refractivity (Wildman–Crippen MR) is 129 cm³/mol. The third-order valence-electron chi connectivity index (χ3n) is 11.6. The summed E-state index contributed by atoms with van der Waals surface area (Å²) in [6.07, 6.45) is 7.32. The summed E-state index contributed by atoms with van der Waals surface area (Å²) < 4.78 is 18.9. The zero-order valence-electron chi connectivity index (χ0n) is 21.9. The van der Waals surface area contributed by atoms with Crippen molar-refractivity contribution in [1.82, 2.24) is 0 Å². The fourth-order valence-corrected chi connectivity index (χ4v) is 10.3. The van der Waals surface area contributed by atoms with Gasteiger partial charge in [-0.15, -0.1) is 0 Å². The molecule has 12 atom stereocenters. The van der Waals surface area contributed by atoms with E-state index in [4.69, 9.17) is 14.2 Å². The minimum Gasteiger partial charge on any atom is -0.481 e. The Morgan fingerprint density at radius 3 is 2.66 bits per heavy atom. The van der Waals surface area contributed by atoms with Crippen molar-refractivity contribution < 1.29 is 28.9 Å². The highest BCUT2D eigenvalue weighted by atomic mass is 16.7. The number of rotatable bonds is 6. The number of carbonyl (C=O) groups is 2. The Hall–Kier alpha value is -1.24. The van der Waals surface area contributed by atoms with Crippen molar-refractivity contribution in [2.75, 3.05) is 13.2 Å². The lowest BCUT2D eigenvalue weighted by atomic mass is 9.43. The van der Waals surface area contributed by atoms with Gasteiger partial charge < -0.3 is 24.1 Å². The Labute approximate surface area is 209 Å². The average molecular weight is 487 g/mol. The first-order valence-corrected chi connectivity index (χ1v) is 13.9. The number of carboxylic acids is 1. The molecule has 0 spiro atoms. The number of aliphatic carboxylic acids is 1. The van der Waals surface area contributed by atoms with Crippen molar-refractivity contribution in [2.45, 2.75) is 85.2 Å². The molecule has 6 heteroatoms. The monoisotopic (exact) mass is 486 g/mol. The molecule has 2 heterocycles. The van der Waals surface area contributed by atoms with Gasteiger partial charge in [0, 0.05) is 11.8 Å². The summed E-state index contributed by atoms with van der Waals surface area (Å²) in [7, 11) is 0. The fourth-order valence-electron chi connectivity index (χ4n) is 10.3. The zero-order valence-corrected chi connectivity index (χ0v) is 21.9. The maximum atomic E-state index is 13.5. The van der Waals surface area contributed by atoms with Gasteiger partial charge in [-0.2, -0.15) is 0 Å². The average Bonchev–Trinajstić information content (AvgIpc) is 3.50. The standard InChI is InChI=1S/C29H42O6/c1-15(2)23-8-19-10-27(13-30)22-7-6-16(3)21(22)11-28(19,29(23,27)26(31)32)14-34-24-9-20-17(4)12-33-25(20)18(5)35-24/h8,13,15-22,24-25H,6-7,9-12,14H2,1-5H3,(H,31,32)/t16-,17+,18-,19-,20-,21-,22-,24-,25-,27+,28?,29?/m1/s1. The minimum absolute atomic E-state index is 0.0426. The number of hydrogen-bond acceptors (Lipinski definition) is 5. The van der Waals surface area contributed by atoms with Gasteiger partial charge in [-0.3, -0.25) is 4.79 Å². The number of carbonyl (C=O) groups excluding carboxylic acids is 1. The van der Waals surface area contributed by atoms with Crippen LogP contribution < -0.4 is 0 Å². The smallest absolute Gasteiger partial charge is 0.315 e. The molecule has 0 aromatic rings. The molecule has 4 bridgehead atoms. The van der Waals surface area contributed by atoms with Crippen molar-refractivity contribution in [2.24, 2.45) is 57.7 Å². The van der Waals surface area contributed by atoms with Crippen molar-refractivity contribution in [3.8, 4) is 0 Å². The number of aldehydes is 1. The number of hydrogen-bond donors (Lipinski definition) is 1. The van der Waals surface area contributed by atoms with E-state index in [1.807, 2.05) is 0 Å². The summed E-state index contributed by atoms with van der Waals surface area (Å²) in [5.41, 5.74) is -1.65. The van der Waals surface area contributed by atoms with Gasteiger partial charge in [-0.25, -0.2) is 0 Å². The van der Waals surface area contributed by atoms with Crippen LogP contribution in [0.1, 0.15) is 66.7 Å². The molecule has 5 fully saturated rings. The topological polar surface area (TPSA) is 82.1 Å². The maximum absolute atomic E-state index is 13.5. The van der Waals surface area contributed by atoms with Gasteiger partial charge in [0.05, 0.1) is 30.8 Å². The van der Waals surface area contributed by atoms with Gasteiger partial charge in [0.2, 0.25) is 0 Å². The zero-order chi connectivity index (χ0) is 24.9. The second-order valence-electron chi connectivity index (χ2n) is 13.2. The second-order valence-corrected chi connectivity index (χ2v) is 13.2. The van der Waals surface area contributed by atoms with E-state index in [-0.39, 0.29) is 36.3 Å². The number of ether oxygens (including phenoxy) is 3. The molecule has 6 rings (SSSR count). The Morgan fingerprint density at radius 2 is 1.97 bits per heavy atom. The third kappa shape index (κ3) is 2.77. The lowest BCUT2D eigenvalue weighted by molar-refractivity contribution is -0.251. The molecule has 0 amide bonds. The Balaban J connectivity index is 1.39. The van der Waals surface area contributed by atoms with Crippen molar-refractivity contribution >= 4 is 12.3 Å². The molecule has 4 aliphatic carbocycles. The molecule has 6 aliphatic rings. The van der Waals surface area contributed by atoms with E-state index in [0.29, 0.717) is 36.7 Å². The summed E-state index contributed by atoms with van der Waals surface area (Å²) >= 11 is 0.